The summed E-state index contributed by atoms with van der Waals surface area (Å²) in [6, 6.07) is 8.89. The van der Waals surface area contributed by atoms with Crippen LogP contribution < -0.4 is 0 Å². The summed E-state index contributed by atoms with van der Waals surface area (Å²) >= 11 is 17.9. The van der Waals surface area contributed by atoms with Gasteiger partial charge in [0.1, 0.15) is 5.82 Å². The molecule has 0 amide bonds. The first-order valence-electron chi connectivity index (χ1n) is 6.37. The van der Waals surface area contributed by atoms with Crippen LogP contribution in [0.15, 0.2) is 47.1 Å². The molecule has 0 saturated carbocycles. The molecule has 0 aromatic heterocycles. The molecular weight excluding hydrogens is 364 g/mol. The molecule has 1 aliphatic heterocycles. The molecule has 116 valence electrons. The van der Waals surface area contributed by atoms with E-state index < -0.39 is 11.8 Å². The van der Waals surface area contributed by atoms with E-state index in [0.29, 0.717) is 15.6 Å². The first kappa shape index (κ1) is 16.0. The van der Waals surface area contributed by atoms with E-state index >= 15 is 0 Å². The average Bonchev–Trinajstić information content (AvgIpc) is 2.86. The Bertz CT molecular complexity index is 857. The minimum Gasteiger partial charge on any atom is -0.402 e. The number of ether oxygens (including phenoxy) is 1. The molecule has 0 saturated heterocycles. The fourth-order valence-corrected chi connectivity index (χ4v) is 2.56. The van der Waals surface area contributed by atoms with Crippen molar-refractivity contribution < 1.29 is 13.9 Å². The Kier molecular flexibility index (Phi) is 4.39. The number of carbonyl (C=O) groups is 1. The van der Waals surface area contributed by atoms with Crippen LogP contribution in [-0.2, 0) is 9.53 Å². The van der Waals surface area contributed by atoms with Crippen molar-refractivity contribution in [3.8, 4) is 0 Å². The number of carbonyl (C=O) groups excluding carboxylic acids is 1. The third-order valence-corrected chi connectivity index (χ3v) is 3.95. The molecule has 1 aliphatic rings. The molecule has 3 rings (SSSR count). The van der Waals surface area contributed by atoms with Gasteiger partial charge in [0.25, 0.3) is 0 Å². The lowest BCUT2D eigenvalue weighted by Crippen LogP contribution is -2.06. The van der Waals surface area contributed by atoms with Gasteiger partial charge < -0.3 is 4.74 Å². The van der Waals surface area contributed by atoms with Crippen LogP contribution >= 0.6 is 34.8 Å². The monoisotopic (exact) mass is 369 g/mol. The second kappa shape index (κ2) is 6.32. The number of halogens is 4. The van der Waals surface area contributed by atoms with Crippen molar-refractivity contribution in [2.45, 2.75) is 0 Å². The van der Waals surface area contributed by atoms with Gasteiger partial charge in [-0.3, -0.25) is 0 Å². The van der Waals surface area contributed by atoms with Crippen LogP contribution in [0.1, 0.15) is 11.1 Å². The molecule has 0 aliphatic carbocycles. The van der Waals surface area contributed by atoms with Crippen molar-refractivity contribution in [3.05, 3.63) is 74.1 Å². The summed E-state index contributed by atoms with van der Waals surface area (Å²) < 4.78 is 18.9. The summed E-state index contributed by atoms with van der Waals surface area (Å²) in [4.78, 5) is 16.0. The molecule has 0 unspecified atom stereocenters. The normalized spacial score (nSPS) is 15.7. The van der Waals surface area contributed by atoms with Crippen LogP contribution in [0.4, 0.5) is 4.39 Å². The standard InChI is InChI=1S/C16H7Cl3FNO2/c17-8-4-5-12(19)10(6-8)15-21-14(16(22)23-15)7-9-11(18)2-1-3-13(9)20/h1-7H/b14-7-. The van der Waals surface area contributed by atoms with Gasteiger partial charge in [0, 0.05) is 10.6 Å². The number of hydrogen-bond donors (Lipinski definition) is 0. The van der Waals surface area contributed by atoms with Crippen LogP contribution in [0.25, 0.3) is 6.08 Å². The third kappa shape index (κ3) is 3.24. The minimum absolute atomic E-state index is 0.00112. The molecule has 1 heterocycles. The quantitative estimate of drug-likeness (QED) is 0.543. The average molecular weight is 371 g/mol. The van der Waals surface area contributed by atoms with Gasteiger partial charge in [0.2, 0.25) is 5.90 Å². The van der Waals surface area contributed by atoms with Crippen molar-refractivity contribution in [1.29, 1.82) is 0 Å². The third-order valence-electron chi connectivity index (χ3n) is 3.06. The Morgan fingerprint density at radius 3 is 2.61 bits per heavy atom. The van der Waals surface area contributed by atoms with E-state index in [2.05, 4.69) is 4.99 Å². The molecule has 7 heteroatoms. The molecule has 0 fully saturated rings. The van der Waals surface area contributed by atoms with E-state index in [1.165, 1.54) is 30.3 Å². The molecule has 0 N–H and O–H groups in total. The Hall–Kier alpha value is -1.88. The van der Waals surface area contributed by atoms with Crippen molar-refractivity contribution in [2.75, 3.05) is 0 Å². The van der Waals surface area contributed by atoms with Crippen molar-refractivity contribution >= 4 is 52.7 Å². The molecule has 23 heavy (non-hydrogen) atoms. The highest BCUT2D eigenvalue weighted by atomic mass is 35.5. The van der Waals surface area contributed by atoms with Gasteiger partial charge in [-0.1, -0.05) is 40.9 Å². The highest BCUT2D eigenvalue weighted by Crippen LogP contribution is 2.28. The number of nitrogens with zero attached hydrogens (tertiary/aromatic N) is 1. The molecule has 0 bridgehead atoms. The number of benzene rings is 2. The van der Waals surface area contributed by atoms with Crippen molar-refractivity contribution in [2.24, 2.45) is 4.99 Å². The van der Waals surface area contributed by atoms with Crippen LogP contribution in [0.2, 0.25) is 15.1 Å². The smallest absolute Gasteiger partial charge is 0.363 e. The van der Waals surface area contributed by atoms with Gasteiger partial charge in [-0.25, -0.2) is 14.2 Å². The van der Waals surface area contributed by atoms with E-state index in [9.17, 15) is 9.18 Å². The molecule has 0 radical (unpaired) electrons. The van der Waals surface area contributed by atoms with Crippen LogP contribution in [0.3, 0.4) is 0 Å². The number of aliphatic imine (C=N–C) groups is 1. The van der Waals surface area contributed by atoms with Crippen LogP contribution in [0.5, 0.6) is 0 Å². The maximum atomic E-state index is 13.8. The second-order valence-corrected chi connectivity index (χ2v) is 5.85. The zero-order valence-corrected chi connectivity index (χ0v) is 13.6. The van der Waals surface area contributed by atoms with Gasteiger partial charge in [0.05, 0.1) is 15.6 Å². The zero-order chi connectivity index (χ0) is 16.6. The van der Waals surface area contributed by atoms with Gasteiger partial charge in [-0.15, -0.1) is 0 Å². The first-order chi connectivity index (χ1) is 11.0. The lowest BCUT2D eigenvalue weighted by atomic mass is 10.2. The number of cyclic esters (lactones) is 1. The lowest BCUT2D eigenvalue weighted by molar-refractivity contribution is -0.129. The molecule has 2 aromatic carbocycles. The fraction of sp³-hybridized carbons (Fsp3) is 0. The number of hydrogen-bond acceptors (Lipinski definition) is 3. The summed E-state index contributed by atoms with van der Waals surface area (Å²) in [5.41, 5.74) is 0.349. The maximum Gasteiger partial charge on any atom is 0.363 e. The highest BCUT2D eigenvalue weighted by molar-refractivity contribution is 6.36. The molecule has 3 nitrogen and oxygen atoms in total. The number of rotatable bonds is 2. The Morgan fingerprint density at radius 2 is 1.87 bits per heavy atom. The van der Waals surface area contributed by atoms with E-state index in [0.717, 1.165) is 0 Å². The number of esters is 1. The highest BCUT2D eigenvalue weighted by Gasteiger charge is 2.26. The zero-order valence-electron chi connectivity index (χ0n) is 11.3. The molecule has 0 spiro atoms. The summed E-state index contributed by atoms with van der Waals surface area (Å²) in [6.45, 7) is 0. The summed E-state index contributed by atoms with van der Waals surface area (Å²) in [5, 5.41) is 0.901. The predicted octanol–water partition coefficient (Wildman–Crippen LogP) is 5.13. The SMILES string of the molecule is O=C1OC(c2cc(Cl)ccc2Cl)=N/C1=C\c1c(F)cccc1Cl. The maximum absolute atomic E-state index is 13.8. The second-order valence-electron chi connectivity index (χ2n) is 4.60. The van der Waals surface area contributed by atoms with E-state index in [1.54, 1.807) is 12.1 Å². The lowest BCUT2D eigenvalue weighted by Gasteiger charge is -2.02. The minimum atomic E-state index is -0.727. The molecule has 0 atom stereocenters. The first-order valence-corrected chi connectivity index (χ1v) is 7.51. The van der Waals surface area contributed by atoms with Crippen LogP contribution in [-0.4, -0.2) is 11.9 Å². The van der Waals surface area contributed by atoms with Crippen molar-refractivity contribution in [1.82, 2.24) is 0 Å². The molecule has 2 aromatic rings. The van der Waals surface area contributed by atoms with E-state index in [-0.39, 0.29) is 22.2 Å². The van der Waals surface area contributed by atoms with Gasteiger partial charge >= 0.3 is 5.97 Å². The van der Waals surface area contributed by atoms with Gasteiger partial charge in [-0.2, -0.15) is 0 Å². The van der Waals surface area contributed by atoms with E-state index in [4.69, 9.17) is 39.5 Å². The fourth-order valence-electron chi connectivity index (χ4n) is 1.97. The van der Waals surface area contributed by atoms with E-state index in [1.807, 2.05) is 0 Å². The summed E-state index contributed by atoms with van der Waals surface area (Å²) in [6.07, 6.45) is 1.23. The van der Waals surface area contributed by atoms with Gasteiger partial charge in [0.15, 0.2) is 5.70 Å². The topological polar surface area (TPSA) is 38.7 Å². The summed E-state index contributed by atoms with van der Waals surface area (Å²) in [7, 11) is 0. The van der Waals surface area contributed by atoms with Crippen molar-refractivity contribution in [3.63, 3.8) is 0 Å². The largest absolute Gasteiger partial charge is 0.402 e. The molecular formula is C16H7Cl3FNO2. The van der Waals surface area contributed by atoms with Crippen LogP contribution in [0, 0.1) is 5.82 Å². The summed E-state index contributed by atoms with van der Waals surface area (Å²) in [5.74, 6) is -1.29. The Balaban J connectivity index is 2.05. The predicted molar refractivity (Wildman–Crippen MR) is 88.5 cm³/mol. The Morgan fingerprint density at radius 1 is 1.09 bits per heavy atom. The van der Waals surface area contributed by atoms with Gasteiger partial charge in [-0.05, 0) is 36.4 Å². The Labute approximate surface area is 145 Å².